The fraction of sp³-hybridized carbons (Fsp3) is 0.278. The zero-order chi connectivity index (χ0) is 22.0. The number of sulfonamides is 1. The normalized spacial score (nSPS) is 13.1. The van der Waals surface area contributed by atoms with Crippen molar-refractivity contribution in [1.29, 1.82) is 0 Å². The second-order valence-corrected chi connectivity index (χ2v) is 8.43. The molecule has 158 valence electrons. The van der Waals surface area contributed by atoms with E-state index in [2.05, 4.69) is 5.32 Å². The Morgan fingerprint density at radius 1 is 1.17 bits per heavy atom. The number of alkyl halides is 3. The third kappa shape index (κ3) is 5.60. The molecular weight excluding hydrogens is 436 g/mol. The molecule has 0 aliphatic carbocycles. The number of hydrogen-bond donors (Lipinski definition) is 1. The molecule has 0 saturated heterocycles. The average Bonchev–Trinajstić information content (AvgIpc) is 2.60. The first-order chi connectivity index (χ1) is 13.3. The van der Waals surface area contributed by atoms with E-state index in [1.54, 1.807) is 0 Å². The predicted octanol–water partition coefficient (Wildman–Crippen LogP) is 4.68. The van der Waals surface area contributed by atoms with E-state index in [0.29, 0.717) is 6.07 Å². The fourth-order valence-electron chi connectivity index (χ4n) is 2.72. The van der Waals surface area contributed by atoms with Crippen LogP contribution in [0.2, 0.25) is 5.02 Å². The van der Waals surface area contributed by atoms with Gasteiger partial charge in [0.25, 0.3) is 0 Å². The van der Waals surface area contributed by atoms with E-state index < -0.39 is 45.2 Å². The summed E-state index contributed by atoms with van der Waals surface area (Å²) >= 11 is 5.62. The van der Waals surface area contributed by atoms with Crippen LogP contribution in [0, 0.1) is 5.82 Å². The van der Waals surface area contributed by atoms with Gasteiger partial charge in [-0.05, 0) is 48.9 Å². The first kappa shape index (κ1) is 23.0. The summed E-state index contributed by atoms with van der Waals surface area (Å²) in [6, 6.07) is 5.79. The van der Waals surface area contributed by atoms with Gasteiger partial charge in [0.2, 0.25) is 15.9 Å². The molecule has 2 aromatic carbocycles. The quantitative estimate of drug-likeness (QED) is 0.647. The molecule has 0 saturated carbocycles. The molecule has 0 spiro atoms. The van der Waals surface area contributed by atoms with Gasteiger partial charge in [0.1, 0.15) is 11.9 Å². The lowest BCUT2D eigenvalue weighted by Gasteiger charge is -2.30. The molecule has 0 bridgehead atoms. The van der Waals surface area contributed by atoms with Crippen molar-refractivity contribution in [2.45, 2.75) is 25.6 Å². The Morgan fingerprint density at radius 3 is 2.24 bits per heavy atom. The number of benzene rings is 2. The average molecular weight is 453 g/mol. The van der Waals surface area contributed by atoms with Gasteiger partial charge in [-0.3, -0.25) is 9.10 Å². The van der Waals surface area contributed by atoms with E-state index in [-0.39, 0.29) is 17.1 Å². The highest BCUT2D eigenvalue weighted by Crippen LogP contribution is 2.37. The third-order valence-corrected chi connectivity index (χ3v) is 5.37. The van der Waals surface area contributed by atoms with Crippen molar-refractivity contribution in [3.05, 3.63) is 58.9 Å². The van der Waals surface area contributed by atoms with Crippen LogP contribution in [-0.2, 0) is 21.0 Å². The summed E-state index contributed by atoms with van der Waals surface area (Å²) in [6.45, 7) is 1.50. The van der Waals surface area contributed by atoms with Crippen LogP contribution in [0.15, 0.2) is 42.5 Å². The number of carbonyl (C=O) groups is 1. The lowest BCUT2D eigenvalue weighted by molar-refractivity contribution is -0.137. The van der Waals surface area contributed by atoms with Gasteiger partial charge in [0, 0.05) is 5.02 Å². The second-order valence-electron chi connectivity index (χ2n) is 6.14. The van der Waals surface area contributed by atoms with Crippen molar-refractivity contribution in [1.82, 2.24) is 0 Å². The summed E-state index contributed by atoms with van der Waals surface area (Å²) in [7, 11) is -4.02. The molecule has 2 rings (SSSR count). The van der Waals surface area contributed by atoms with Gasteiger partial charge >= 0.3 is 6.18 Å². The summed E-state index contributed by atoms with van der Waals surface area (Å²) in [4.78, 5) is 12.7. The minimum absolute atomic E-state index is 0.00282. The Balaban J connectivity index is 2.45. The molecule has 0 unspecified atom stereocenters. The van der Waals surface area contributed by atoms with Crippen LogP contribution in [0.5, 0.6) is 0 Å². The molecule has 0 fully saturated rings. The van der Waals surface area contributed by atoms with Crippen LogP contribution in [0.25, 0.3) is 0 Å². The largest absolute Gasteiger partial charge is 0.418 e. The Morgan fingerprint density at radius 2 is 1.76 bits per heavy atom. The zero-order valence-corrected chi connectivity index (χ0v) is 16.9. The number of nitrogens with one attached hydrogen (secondary N) is 1. The minimum Gasteiger partial charge on any atom is -0.324 e. The van der Waals surface area contributed by atoms with E-state index >= 15 is 0 Å². The monoisotopic (exact) mass is 452 g/mol. The zero-order valence-electron chi connectivity index (χ0n) is 15.3. The number of rotatable bonds is 6. The van der Waals surface area contributed by atoms with Crippen molar-refractivity contribution in [2.24, 2.45) is 0 Å². The molecule has 0 radical (unpaired) electrons. The van der Waals surface area contributed by atoms with Crippen LogP contribution >= 0.6 is 11.6 Å². The minimum atomic E-state index is -4.79. The number of nitrogens with zero attached hydrogens (tertiary/aromatic N) is 1. The highest BCUT2D eigenvalue weighted by Gasteiger charge is 2.36. The van der Waals surface area contributed by atoms with Crippen molar-refractivity contribution in [2.75, 3.05) is 15.9 Å². The maximum absolute atomic E-state index is 13.3. The molecule has 0 aliphatic heterocycles. The van der Waals surface area contributed by atoms with Gasteiger partial charge in [-0.2, -0.15) is 13.2 Å². The van der Waals surface area contributed by atoms with Gasteiger partial charge in [-0.25, -0.2) is 12.8 Å². The molecule has 5 nitrogen and oxygen atoms in total. The van der Waals surface area contributed by atoms with Crippen molar-refractivity contribution in [3.63, 3.8) is 0 Å². The molecule has 0 aromatic heterocycles. The summed E-state index contributed by atoms with van der Waals surface area (Å²) < 4.78 is 78.3. The topological polar surface area (TPSA) is 66.5 Å². The Hall–Kier alpha value is -2.33. The molecule has 1 atom stereocenters. The van der Waals surface area contributed by atoms with Crippen molar-refractivity contribution >= 4 is 38.9 Å². The van der Waals surface area contributed by atoms with Crippen LogP contribution in [-0.4, -0.2) is 26.6 Å². The first-order valence-electron chi connectivity index (χ1n) is 8.27. The SMILES string of the molecule is CC[C@@H](C(=O)Nc1ccc(Cl)cc1C(F)(F)F)N(c1ccc(F)cc1)S(C)(=O)=O. The number of carbonyl (C=O) groups excluding carboxylic acids is 1. The molecule has 0 heterocycles. The maximum Gasteiger partial charge on any atom is 0.418 e. The number of amides is 1. The molecule has 0 aliphatic rings. The van der Waals surface area contributed by atoms with Crippen LogP contribution in [0.1, 0.15) is 18.9 Å². The van der Waals surface area contributed by atoms with Crippen LogP contribution in [0.4, 0.5) is 28.9 Å². The van der Waals surface area contributed by atoms with E-state index in [0.717, 1.165) is 40.9 Å². The number of hydrogen-bond acceptors (Lipinski definition) is 3. The maximum atomic E-state index is 13.3. The Labute approximate surface area is 170 Å². The van der Waals surface area contributed by atoms with Gasteiger partial charge < -0.3 is 5.32 Å². The molecule has 2 aromatic rings. The third-order valence-electron chi connectivity index (χ3n) is 3.96. The molecule has 1 N–H and O–H groups in total. The van der Waals surface area contributed by atoms with Gasteiger partial charge in [0.05, 0.1) is 23.2 Å². The van der Waals surface area contributed by atoms with Gasteiger partial charge in [-0.1, -0.05) is 18.5 Å². The highest BCUT2D eigenvalue weighted by molar-refractivity contribution is 7.92. The van der Waals surface area contributed by atoms with Crippen molar-refractivity contribution < 1.29 is 30.8 Å². The van der Waals surface area contributed by atoms with E-state index in [1.807, 2.05) is 0 Å². The summed E-state index contributed by atoms with van der Waals surface area (Å²) in [6.07, 6.45) is -4.00. The van der Waals surface area contributed by atoms with Crippen LogP contribution in [0.3, 0.4) is 0 Å². The lowest BCUT2D eigenvalue weighted by Crippen LogP contribution is -2.47. The molecule has 29 heavy (non-hydrogen) atoms. The summed E-state index contributed by atoms with van der Waals surface area (Å²) in [5, 5.41) is 1.96. The van der Waals surface area contributed by atoms with E-state index in [1.165, 1.54) is 13.0 Å². The van der Waals surface area contributed by atoms with Crippen molar-refractivity contribution in [3.8, 4) is 0 Å². The van der Waals surface area contributed by atoms with E-state index in [4.69, 9.17) is 11.6 Å². The van der Waals surface area contributed by atoms with Crippen LogP contribution < -0.4 is 9.62 Å². The number of halogens is 5. The smallest absolute Gasteiger partial charge is 0.324 e. The Kier molecular flexibility index (Phi) is 6.79. The summed E-state index contributed by atoms with van der Waals surface area (Å²) in [5.41, 5.74) is -1.72. The molecule has 11 heteroatoms. The molecular formula is C18H17ClF4N2O3S. The Bertz CT molecular complexity index is 995. The molecule has 1 amide bonds. The number of anilines is 2. The van der Waals surface area contributed by atoms with Gasteiger partial charge in [0.15, 0.2) is 0 Å². The second kappa shape index (κ2) is 8.58. The van der Waals surface area contributed by atoms with Gasteiger partial charge in [-0.15, -0.1) is 0 Å². The first-order valence-corrected chi connectivity index (χ1v) is 10.5. The predicted molar refractivity (Wildman–Crippen MR) is 103 cm³/mol. The summed E-state index contributed by atoms with van der Waals surface area (Å²) in [5.74, 6) is -1.59. The standard InChI is InChI=1S/C18H17ClF4N2O3S/c1-3-16(25(29(2,27)28)13-7-5-12(20)6-8-13)17(26)24-15-9-4-11(19)10-14(15)18(21,22)23/h4-10,16H,3H2,1-2H3,(H,24,26)/t16-/m0/s1. The van der Waals surface area contributed by atoms with E-state index in [9.17, 15) is 30.8 Å². The lowest BCUT2D eigenvalue weighted by atomic mass is 10.1. The highest BCUT2D eigenvalue weighted by atomic mass is 35.5. The fourth-order valence-corrected chi connectivity index (χ4v) is 4.11.